The van der Waals surface area contributed by atoms with Gasteiger partial charge in [-0.05, 0) is 11.6 Å². The van der Waals surface area contributed by atoms with Crippen LogP contribution >= 0.6 is 23.4 Å². The van der Waals surface area contributed by atoms with Crippen LogP contribution in [0.4, 0.5) is 4.39 Å². The molecule has 0 aliphatic heterocycles. The summed E-state index contributed by atoms with van der Waals surface area (Å²) >= 11 is 7.33. The Hall–Kier alpha value is -1.52. The first-order chi connectivity index (χ1) is 9.67. The van der Waals surface area contributed by atoms with E-state index >= 15 is 0 Å². The highest BCUT2D eigenvalue weighted by Gasteiger charge is 2.17. The third-order valence-electron chi connectivity index (χ3n) is 2.72. The van der Waals surface area contributed by atoms with Crippen molar-refractivity contribution in [1.29, 1.82) is 0 Å². The summed E-state index contributed by atoms with van der Waals surface area (Å²) in [4.78, 5) is 11.5. The summed E-state index contributed by atoms with van der Waals surface area (Å²) in [5, 5.41) is -0.160. The molecule has 0 spiro atoms. The van der Waals surface area contributed by atoms with Crippen LogP contribution < -0.4 is 4.74 Å². The van der Waals surface area contributed by atoms with E-state index in [1.54, 1.807) is 0 Å². The molecule has 0 aromatic heterocycles. The molecule has 104 valence electrons. The van der Waals surface area contributed by atoms with E-state index in [1.165, 1.54) is 24.9 Å². The largest absolute Gasteiger partial charge is 0.494 e. The lowest BCUT2D eigenvalue weighted by molar-refractivity contribution is 0.111. The predicted octanol–water partition coefficient (Wildman–Crippen LogP) is 4.59. The number of methoxy groups -OCH3 is 1. The molecule has 5 heteroatoms. The Bertz CT molecular complexity index is 617. The lowest BCUT2D eigenvalue weighted by Crippen LogP contribution is -1.96. The lowest BCUT2D eigenvalue weighted by Gasteiger charge is -2.12. The fraction of sp³-hybridized carbons (Fsp3) is 0.133. The van der Waals surface area contributed by atoms with E-state index in [0.717, 1.165) is 5.56 Å². The Labute approximate surface area is 125 Å². The van der Waals surface area contributed by atoms with Crippen LogP contribution in [0.25, 0.3) is 0 Å². The summed E-state index contributed by atoms with van der Waals surface area (Å²) in [5.41, 5.74) is 1.05. The van der Waals surface area contributed by atoms with E-state index in [2.05, 4.69) is 0 Å². The second-order valence-corrected chi connectivity index (χ2v) is 5.41. The van der Waals surface area contributed by atoms with Gasteiger partial charge in [0.1, 0.15) is 5.02 Å². The average molecular weight is 311 g/mol. The molecule has 0 atom stereocenters. The van der Waals surface area contributed by atoms with Crippen molar-refractivity contribution in [1.82, 2.24) is 0 Å². The van der Waals surface area contributed by atoms with Gasteiger partial charge >= 0.3 is 0 Å². The number of halogens is 2. The number of ether oxygens (including phenoxy) is 1. The molecule has 0 saturated heterocycles. The first-order valence-corrected chi connectivity index (χ1v) is 7.21. The number of carbonyl (C=O) groups is 1. The van der Waals surface area contributed by atoms with Gasteiger partial charge in [-0.1, -0.05) is 41.9 Å². The second-order valence-electron chi connectivity index (χ2n) is 4.02. The lowest BCUT2D eigenvalue weighted by atomic mass is 10.2. The molecule has 0 bridgehead atoms. The van der Waals surface area contributed by atoms with Crippen molar-refractivity contribution in [2.45, 2.75) is 10.6 Å². The van der Waals surface area contributed by atoms with E-state index in [-0.39, 0.29) is 16.3 Å². The molecule has 0 heterocycles. The van der Waals surface area contributed by atoms with E-state index in [1.807, 2.05) is 30.3 Å². The minimum Gasteiger partial charge on any atom is -0.494 e. The van der Waals surface area contributed by atoms with Crippen molar-refractivity contribution in [2.75, 3.05) is 7.11 Å². The Kier molecular flexibility index (Phi) is 5.04. The van der Waals surface area contributed by atoms with Crippen molar-refractivity contribution < 1.29 is 13.9 Å². The van der Waals surface area contributed by atoms with E-state index in [4.69, 9.17) is 16.3 Å². The third kappa shape index (κ3) is 3.14. The minimum absolute atomic E-state index is 0.0636. The number of hydrogen-bond acceptors (Lipinski definition) is 3. The number of thioether (sulfide) groups is 1. The predicted molar refractivity (Wildman–Crippen MR) is 79.4 cm³/mol. The molecule has 20 heavy (non-hydrogen) atoms. The topological polar surface area (TPSA) is 26.3 Å². The first kappa shape index (κ1) is 14.9. The van der Waals surface area contributed by atoms with Crippen molar-refractivity contribution >= 4 is 29.6 Å². The van der Waals surface area contributed by atoms with Gasteiger partial charge in [0, 0.05) is 5.75 Å². The van der Waals surface area contributed by atoms with Gasteiger partial charge in [0.15, 0.2) is 17.9 Å². The fourth-order valence-corrected chi connectivity index (χ4v) is 3.11. The molecule has 0 N–H and O–H groups in total. The van der Waals surface area contributed by atoms with Crippen molar-refractivity contribution in [3.05, 3.63) is 58.4 Å². The zero-order chi connectivity index (χ0) is 14.5. The van der Waals surface area contributed by atoms with Gasteiger partial charge in [-0.15, -0.1) is 11.8 Å². The van der Waals surface area contributed by atoms with E-state index in [0.29, 0.717) is 16.9 Å². The van der Waals surface area contributed by atoms with Crippen LogP contribution in [0.1, 0.15) is 15.9 Å². The molecule has 0 amide bonds. The molecule has 0 aliphatic carbocycles. The summed E-state index contributed by atoms with van der Waals surface area (Å²) in [7, 11) is 1.42. The Balaban J connectivity index is 2.31. The molecular formula is C15H12ClFO2S. The molecule has 0 saturated carbocycles. The maximum Gasteiger partial charge on any atom is 0.156 e. The monoisotopic (exact) mass is 310 g/mol. The summed E-state index contributed by atoms with van der Waals surface area (Å²) in [6, 6.07) is 11.3. The molecule has 2 rings (SSSR count). The second kappa shape index (κ2) is 6.77. The zero-order valence-electron chi connectivity index (χ0n) is 10.7. The normalized spacial score (nSPS) is 10.3. The third-order valence-corrected chi connectivity index (χ3v) is 4.15. The number of aldehydes is 1. The highest BCUT2D eigenvalue weighted by Crippen LogP contribution is 2.39. The molecule has 2 aromatic rings. The van der Waals surface area contributed by atoms with Crippen LogP contribution in [-0.2, 0) is 5.75 Å². The quantitative estimate of drug-likeness (QED) is 0.596. The number of carbonyl (C=O) groups excluding carboxylic acids is 1. The zero-order valence-corrected chi connectivity index (χ0v) is 12.3. The molecule has 2 nitrogen and oxygen atoms in total. The van der Waals surface area contributed by atoms with Gasteiger partial charge in [0.05, 0.1) is 17.6 Å². The Morgan fingerprint density at radius 3 is 2.65 bits per heavy atom. The van der Waals surface area contributed by atoms with Crippen LogP contribution in [-0.4, -0.2) is 13.4 Å². The van der Waals surface area contributed by atoms with Crippen molar-refractivity contribution in [3.63, 3.8) is 0 Å². The summed E-state index contributed by atoms with van der Waals surface area (Å²) in [6.07, 6.45) is 0.452. The SMILES string of the molecule is COc1c(SCc2ccccc2)cc(C=O)c(F)c1Cl. The van der Waals surface area contributed by atoms with Crippen molar-refractivity contribution in [2.24, 2.45) is 0 Å². The van der Waals surface area contributed by atoms with E-state index in [9.17, 15) is 9.18 Å². The molecule has 0 fully saturated rings. The molecule has 0 unspecified atom stereocenters. The maximum atomic E-state index is 13.7. The van der Waals surface area contributed by atoms with Gasteiger partial charge in [0.25, 0.3) is 0 Å². The summed E-state index contributed by atoms with van der Waals surface area (Å²) in [6.45, 7) is 0. The van der Waals surface area contributed by atoms with Crippen LogP contribution in [0.2, 0.25) is 5.02 Å². The Morgan fingerprint density at radius 1 is 1.35 bits per heavy atom. The highest BCUT2D eigenvalue weighted by atomic mass is 35.5. The average Bonchev–Trinajstić information content (AvgIpc) is 2.49. The summed E-state index contributed by atoms with van der Waals surface area (Å²) in [5.74, 6) is 0.190. The van der Waals surface area contributed by atoms with Gasteiger partial charge in [-0.25, -0.2) is 4.39 Å². The molecular weight excluding hydrogens is 299 g/mol. The minimum atomic E-state index is -0.748. The first-order valence-electron chi connectivity index (χ1n) is 5.85. The molecule has 2 aromatic carbocycles. The molecule has 0 radical (unpaired) electrons. The summed E-state index contributed by atoms with van der Waals surface area (Å²) < 4.78 is 18.9. The smallest absolute Gasteiger partial charge is 0.156 e. The van der Waals surface area contributed by atoms with Crippen LogP contribution in [0, 0.1) is 5.82 Å². The van der Waals surface area contributed by atoms with Gasteiger partial charge in [-0.2, -0.15) is 0 Å². The fourth-order valence-electron chi connectivity index (χ4n) is 1.72. The van der Waals surface area contributed by atoms with Gasteiger partial charge in [0.2, 0.25) is 0 Å². The van der Waals surface area contributed by atoms with Crippen LogP contribution in [0.5, 0.6) is 5.75 Å². The van der Waals surface area contributed by atoms with Crippen LogP contribution in [0.3, 0.4) is 0 Å². The number of benzene rings is 2. The van der Waals surface area contributed by atoms with Crippen molar-refractivity contribution in [3.8, 4) is 5.75 Å². The standard InChI is InChI=1S/C15H12ClFO2S/c1-19-15-12(7-11(8-18)14(17)13(15)16)20-9-10-5-3-2-4-6-10/h2-8H,9H2,1H3. The van der Waals surface area contributed by atoms with Gasteiger partial charge < -0.3 is 4.74 Å². The molecule has 0 aliphatic rings. The highest BCUT2D eigenvalue weighted by molar-refractivity contribution is 7.98. The Morgan fingerprint density at radius 2 is 2.05 bits per heavy atom. The van der Waals surface area contributed by atoms with Gasteiger partial charge in [-0.3, -0.25) is 4.79 Å². The van der Waals surface area contributed by atoms with Crippen LogP contribution in [0.15, 0.2) is 41.3 Å². The van der Waals surface area contributed by atoms with E-state index < -0.39 is 5.82 Å². The number of rotatable bonds is 5. The maximum absolute atomic E-state index is 13.7. The number of hydrogen-bond donors (Lipinski definition) is 0.